The van der Waals surface area contributed by atoms with E-state index in [4.69, 9.17) is 9.47 Å². The minimum atomic E-state index is -0.238. The van der Waals surface area contributed by atoms with Crippen LogP contribution in [0.5, 0.6) is 0 Å². The maximum atomic E-state index is 14.4. The Hall–Kier alpha value is -1.63. The van der Waals surface area contributed by atoms with E-state index in [9.17, 15) is 14.4 Å². The molecule has 1 saturated carbocycles. The lowest BCUT2D eigenvalue weighted by atomic mass is 10.0. The Balaban J connectivity index is 2.84. The zero-order valence-electron chi connectivity index (χ0n) is 40.3. The first kappa shape index (κ1) is 55.4. The van der Waals surface area contributed by atoms with Crippen molar-refractivity contribution in [2.45, 2.75) is 291 Å². The molecule has 2 atom stereocenters. The Labute approximate surface area is 366 Å². The highest BCUT2D eigenvalue weighted by Crippen LogP contribution is 2.45. The molecule has 0 aliphatic heterocycles. The van der Waals surface area contributed by atoms with Crippen LogP contribution in [0.3, 0.4) is 0 Å². The van der Waals surface area contributed by atoms with Gasteiger partial charge in [-0.2, -0.15) is 0 Å². The van der Waals surface area contributed by atoms with Gasteiger partial charge >= 0.3 is 11.9 Å². The summed E-state index contributed by atoms with van der Waals surface area (Å²) in [6, 6.07) is -0.238. The molecule has 0 aromatic carbocycles. The molecular formula is C52H100N2O5. The molecule has 1 N–H and O–H groups in total. The van der Waals surface area contributed by atoms with Crippen LogP contribution in [0, 0.1) is 5.41 Å². The zero-order valence-corrected chi connectivity index (χ0v) is 40.3. The highest BCUT2D eigenvalue weighted by molar-refractivity contribution is 5.84. The van der Waals surface area contributed by atoms with Gasteiger partial charge in [0.25, 0.3) is 0 Å². The quantitative estimate of drug-likeness (QED) is 0.0486. The van der Waals surface area contributed by atoms with E-state index in [2.05, 4.69) is 51.8 Å². The molecule has 59 heavy (non-hydrogen) atoms. The first-order chi connectivity index (χ1) is 28.7. The molecule has 0 aromatic heterocycles. The van der Waals surface area contributed by atoms with E-state index >= 15 is 0 Å². The first-order valence-electron chi connectivity index (χ1n) is 26.2. The molecule has 7 heteroatoms. The van der Waals surface area contributed by atoms with Crippen LogP contribution >= 0.6 is 0 Å². The van der Waals surface area contributed by atoms with Gasteiger partial charge < -0.3 is 14.8 Å². The Kier molecular flexibility index (Phi) is 35.7. The molecule has 1 amide bonds. The molecule has 1 rings (SSSR count). The fourth-order valence-electron chi connectivity index (χ4n) is 8.42. The summed E-state index contributed by atoms with van der Waals surface area (Å²) in [5, 5.41) is 3.20. The number of nitrogens with one attached hydrogen (secondary N) is 1. The summed E-state index contributed by atoms with van der Waals surface area (Å²) in [6.07, 6.45) is 40.3. The second-order valence-electron chi connectivity index (χ2n) is 18.8. The number of rotatable bonds is 44. The van der Waals surface area contributed by atoms with Crippen molar-refractivity contribution in [3.05, 3.63) is 0 Å². The molecule has 1 aliphatic carbocycles. The Bertz CT molecular complexity index is 984. The van der Waals surface area contributed by atoms with Gasteiger partial charge in [0, 0.05) is 24.9 Å². The summed E-state index contributed by atoms with van der Waals surface area (Å²) in [4.78, 5) is 42.1. The molecule has 0 spiro atoms. The lowest BCUT2D eigenvalue weighted by Crippen LogP contribution is -2.45. The lowest BCUT2D eigenvalue weighted by Gasteiger charge is -2.32. The normalized spacial score (nSPS) is 14.4. The Morgan fingerprint density at radius 1 is 0.508 bits per heavy atom. The molecule has 0 saturated heterocycles. The number of amides is 1. The highest BCUT2D eigenvalue weighted by Gasteiger charge is 2.44. The van der Waals surface area contributed by atoms with Crippen LogP contribution in [-0.2, 0) is 23.9 Å². The third-order valence-electron chi connectivity index (χ3n) is 13.0. The lowest BCUT2D eigenvalue weighted by molar-refractivity contribution is -0.157. The van der Waals surface area contributed by atoms with Crippen molar-refractivity contribution in [2.24, 2.45) is 5.41 Å². The predicted molar refractivity (Wildman–Crippen MR) is 251 cm³/mol. The molecular weight excluding hydrogens is 733 g/mol. The summed E-state index contributed by atoms with van der Waals surface area (Å²) in [7, 11) is 0. The van der Waals surface area contributed by atoms with Crippen LogP contribution in [0.25, 0.3) is 0 Å². The van der Waals surface area contributed by atoms with E-state index in [0.29, 0.717) is 13.0 Å². The van der Waals surface area contributed by atoms with Crippen LogP contribution in [0.1, 0.15) is 273 Å². The van der Waals surface area contributed by atoms with Crippen LogP contribution in [0.2, 0.25) is 0 Å². The van der Waals surface area contributed by atoms with Gasteiger partial charge in [0.1, 0.15) is 18.2 Å². The number of ether oxygens (including phenoxy) is 2. The van der Waals surface area contributed by atoms with Crippen LogP contribution in [0.15, 0.2) is 0 Å². The number of hydrogen-bond acceptors (Lipinski definition) is 6. The molecule has 0 bridgehead atoms. The largest absolute Gasteiger partial charge is 0.462 e. The smallest absolute Gasteiger partial charge is 0.323 e. The predicted octanol–water partition coefficient (Wildman–Crippen LogP) is 14.8. The van der Waals surface area contributed by atoms with Crippen molar-refractivity contribution in [2.75, 3.05) is 19.6 Å². The summed E-state index contributed by atoms with van der Waals surface area (Å²) in [5.74, 6) is 0.129. The standard InChI is InChI=1S/C52H100N2O5/c1-7-12-16-20-24-29-36-46(11-5)58-49(55)40-33-27-23-28-34-44-54(45-35-43-53-51(57)52(6)41-42-52)48(39-32-19-15-10-4)50(56)59-47(37-30-25-21-17-13-8-2)38-31-26-22-18-14-9-3/h46-48H,7-45H2,1-6H3,(H,53,57). The number of carbonyl (C=O) groups excluding carboxylic acids is 3. The van der Waals surface area contributed by atoms with Gasteiger partial charge in [0.15, 0.2) is 0 Å². The number of hydrogen-bond donors (Lipinski definition) is 1. The van der Waals surface area contributed by atoms with Crippen molar-refractivity contribution >= 4 is 17.8 Å². The third kappa shape index (κ3) is 30.1. The van der Waals surface area contributed by atoms with Gasteiger partial charge in [-0.15, -0.1) is 0 Å². The Morgan fingerprint density at radius 2 is 0.932 bits per heavy atom. The Morgan fingerprint density at radius 3 is 1.44 bits per heavy atom. The molecule has 0 aromatic rings. The van der Waals surface area contributed by atoms with E-state index in [1.165, 1.54) is 109 Å². The molecule has 0 heterocycles. The zero-order chi connectivity index (χ0) is 43.2. The SMILES string of the molecule is CCCCCCCCC(CC)OC(=O)CCCCCCCN(CCCNC(=O)C1(C)CC1)C(CCCCCC)C(=O)OC(CCCCCCCC)CCCCCCCC. The second kappa shape index (κ2) is 38.1. The summed E-state index contributed by atoms with van der Waals surface area (Å²) in [6.45, 7) is 15.5. The monoisotopic (exact) mass is 833 g/mol. The molecule has 1 aliphatic rings. The maximum Gasteiger partial charge on any atom is 0.323 e. The van der Waals surface area contributed by atoms with E-state index < -0.39 is 0 Å². The van der Waals surface area contributed by atoms with Crippen LogP contribution < -0.4 is 5.32 Å². The molecule has 348 valence electrons. The van der Waals surface area contributed by atoms with E-state index in [1.54, 1.807) is 0 Å². The van der Waals surface area contributed by atoms with Gasteiger partial charge in [-0.1, -0.05) is 183 Å². The van der Waals surface area contributed by atoms with E-state index in [0.717, 1.165) is 129 Å². The average molecular weight is 833 g/mol. The molecule has 1 fully saturated rings. The fraction of sp³-hybridized carbons (Fsp3) is 0.942. The number of nitrogens with zero attached hydrogens (tertiary/aromatic N) is 1. The minimum Gasteiger partial charge on any atom is -0.462 e. The second-order valence-corrected chi connectivity index (χ2v) is 18.8. The fourth-order valence-corrected chi connectivity index (χ4v) is 8.42. The molecule has 7 nitrogen and oxygen atoms in total. The van der Waals surface area contributed by atoms with Gasteiger partial charge in [-0.05, 0) is 90.0 Å². The van der Waals surface area contributed by atoms with Gasteiger partial charge in [-0.3, -0.25) is 19.3 Å². The van der Waals surface area contributed by atoms with E-state index in [1.807, 2.05) is 0 Å². The summed E-state index contributed by atoms with van der Waals surface area (Å²) in [5.41, 5.74) is -0.172. The van der Waals surface area contributed by atoms with Gasteiger partial charge in [0.05, 0.1) is 0 Å². The first-order valence-corrected chi connectivity index (χ1v) is 26.2. The summed E-state index contributed by atoms with van der Waals surface area (Å²) >= 11 is 0. The van der Waals surface area contributed by atoms with Crippen LogP contribution in [-0.4, -0.2) is 60.6 Å². The third-order valence-corrected chi connectivity index (χ3v) is 13.0. The number of esters is 2. The number of carbonyl (C=O) groups is 3. The molecule has 0 radical (unpaired) electrons. The number of unbranched alkanes of at least 4 members (excludes halogenated alkanes) is 22. The topological polar surface area (TPSA) is 84.9 Å². The average Bonchev–Trinajstić information content (AvgIpc) is 3.99. The van der Waals surface area contributed by atoms with Crippen LogP contribution in [0.4, 0.5) is 0 Å². The summed E-state index contributed by atoms with van der Waals surface area (Å²) < 4.78 is 12.4. The maximum absolute atomic E-state index is 14.4. The van der Waals surface area contributed by atoms with Crippen molar-refractivity contribution in [3.8, 4) is 0 Å². The van der Waals surface area contributed by atoms with Crippen molar-refractivity contribution < 1.29 is 23.9 Å². The van der Waals surface area contributed by atoms with Crippen molar-refractivity contribution in [1.29, 1.82) is 0 Å². The minimum absolute atomic E-state index is 0.00765. The van der Waals surface area contributed by atoms with E-state index in [-0.39, 0.29) is 41.5 Å². The van der Waals surface area contributed by atoms with Crippen molar-refractivity contribution in [1.82, 2.24) is 10.2 Å². The van der Waals surface area contributed by atoms with Gasteiger partial charge in [0.2, 0.25) is 5.91 Å². The van der Waals surface area contributed by atoms with Gasteiger partial charge in [-0.25, -0.2) is 0 Å². The molecule has 2 unspecified atom stereocenters. The highest BCUT2D eigenvalue weighted by atomic mass is 16.5. The van der Waals surface area contributed by atoms with Crippen molar-refractivity contribution in [3.63, 3.8) is 0 Å².